The first kappa shape index (κ1) is 28.5. The SMILES string of the molecule is Cc1cc(C2NNC(=NC3CC(CF)(OP(=O)(O)O)C3)O2)nc2c(C(C)(C)C)cc(OCC(F)(F)F)cc12. The van der Waals surface area contributed by atoms with Crippen LogP contribution in [-0.2, 0) is 19.2 Å². The zero-order valence-electron chi connectivity index (χ0n) is 21.1. The lowest BCUT2D eigenvalue weighted by Gasteiger charge is -2.42. The molecule has 4 rings (SSSR count). The summed E-state index contributed by atoms with van der Waals surface area (Å²) in [4.78, 5) is 27.1. The van der Waals surface area contributed by atoms with Crippen molar-refractivity contribution in [1.82, 2.24) is 15.8 Å². The number of pyridine rings is 1. The number of amidine groups is 1. The van der Waals surface area contributed by atoms with E-state index < -0.39 is 50.6 Å². The van der Waals surface area contributed by atoms with Gasteiger partial charge in [-0.3, -0.25) is 9.95 Å². The number of aryl methyl sites for hydroxylation is 1. The molecule has 1 aliphatic heterocycles. The van der Waals surface area contributed by atoms with Gasteiger partial charge in [-0.25, -0.2) is 18.9 Å². The Morgan fingerprint density at radius 1 is 1.24 bits per heavy atom. The number of benzene rings is 1. The minimum absolute atomic E-state index is 0.0329. The Morgan fingerprint density at radius 3 is 2.50 bits per heavy atom. The molecule has 1 saturated heterocycles. The van der Waals surface area contributed by atoms with E-state index in [2.05, 4.69) is 20.4 Å². The molecule has 2 aliphatic rings. The molecule has 1 aromatic heterocycles. The van der Waals surface area contributed by atoms with E-state index in [1.54, 1.807) is 19.1 Å². The van der Waals surface area contributed by atoms with Crippen molar-refractivity contribution in [1.29, 1.82) is 0 Å². The summed E-state index contributed by atoms with van der Waals surface area (Å²) in [5.74, 6) is 0.0938. The van der Waals surface area contributed by atoms with Crippen molar-refractivity contribution in [3.8, 4) is 5.75 Å². The van der Waals surface area contributed by atoms with Gasteiger partial charge in [0.15, 0.2) is 6.61 Å². The fourth-order valence-corrected chi connectivity index (χ4v) is 5.16. The summed E-state index contributed by atoms with van der Waals surface area (Å²) in [6, 6.07) is 4.44. The monoisotopic (exact) mass is 564 g/mol. The van der Waals surface area contributed by atoms with E-state index in [-0.39, 0.29) is 24.6 Å². The quantitative estimate of drug-likeness (QED) is 0.288. The zero-order chi connectivity index (χ0) is 28.1. The number of nitrogens with one attached hydrogen (secondary N) is 2. The van der Waals surface area contributed by atoms with Crippen molar-refractivity contribution in [3.63, 3.8) is 0 Å². The highest BCUT2D eigenvalue weighted by Crippen LogP contribution is 2.50. The maximum atomic E-state index is 13.4. The van der Waals surface area contributed by atoms with Crippen molar-refractivity contribution >= 4 is 24.7 Å². The highest BCUT2D eigenvalue weighted by atomic mass is 31.2. The fraction of sp³-hybridized carbons (Fsp3) is 0.565. The summed E-state index contributed by atoms with van der Waals surface area (Å²) in [7, 11) is -4.85. The number of alkyl halides is 4. The summed E-state index contributed by atoms with van der Waals surface area (Å²) < 4.78 is 78.1. The van der Waals surface area contributed by atoms with Gasteiger partial charge >= 0.3 is 20.0 Å². The number of phosphoric acid groups is 1. The average molecular weight is 564 g/mol. The van der Waals surface area contributed by atoms with Crippen LogP contribution in [0, 0.1) is 6.92 Å². The van der Waals surface area contributed by atoms with Crippen LogP contribution in [-0.4, -0.2) is 51.9 Å². The van der Waals surface area contributed by atoms with Crippen LogP contribution in [0.1, 0.15) is 56.7 Å². The van der Waals surface area contributed by atoms with Crippen LogP contribution in [0.2, 0.25) is 0 Å². The number of fused-ring (bicyclic) bond motifs is 1. The predicted octanol–water partition coefficient (Wildman–Crippen LogP) is 4.24. The lowest BCUT2D eigenvalue weighted by molar-refractivity contribution is -0.153. The molecule has 10 nitrogen and oxygen atoms in total. The molecule has 2 fully saturated rings. The van der Waals surface area contributed by atoms with Gasteiger partial charge in [-0.15, -0.1) is 0 Å². The number of aliphatic imine (C=N–C) groups is 1. The standard InChI is InChI=1S/C23H29F4N4O6P/c1-12-5-17(19-30-31-20(36-19)28-13-8-22(9-13,10-24)37-38(32,33)34)29-18-15(12)6-14(35-11-23(25,26)27)7-16(18)21(2,3)4/h5-7,13,19,30H,8-11H2,1-4H3,(H,28,31)(H2,32,33,34). The summed E-state index contributed by atoms with van der Waals surface area (Å²) in [6.45, 7) is 5.09. The van der Waals surface area contributed by atoms with Gasteiger partial charge in [0, 0.05) is 18.2 Å². The Labute approximate surface area is 216 Å². The molecule has 15 heteroatoms. The first-order valence-electron chi connectivity index (χ1n) is 11.7. The number of ether oxygens (including phenoxy) is 2. The third-order valence-corrected chi connectivity index (χ3v) is 6.83. The number of hydrogen-bond donors (Lipinski definition) is 4. The minimum Gasteiger partial charge on any atom is -0.484 e. The molecule has 1 aliphatic carbocycles. The second-order valence-corrected chi connectivity index (χ2v) is 11.7. The number of phosphoric ester groups is 1. The fourth-order valence-electron chi connectivity index (χ4n) is 4.46. The lowest BCUT2D eigenvalue weighted by atomic mass is 9.77. The molecule has 1 saturated carbocycles. The molecule has 0 radical (unpaired) electrons. The molecule has 4 N–H and O–H groups in total. The number of rotatable bonds is 7. The Bertz CT molecular complexity index is 1290. The Hall–Kier alpha value is -2.51. The van der Waals surface area contributed by atoms with Gasteiger partial charge in [-0.1, -0.05) is 20.8 Å². The van der Waals surface area contributed by atoms with Crippen molar-refractivity contribution in [3.05, 3.63) is 35.0 Å². The maximum absolute atomic E-state index is 13.4. The molecule has 0 bridgehead atoms. The molecule has 38 heavy (non-hydrogen) atoms. The van der Waals surface area contributed by atoms with E-state index >= 15 is 0 Å². The summed E-state index contributed by atoms with van der Waals surface area (Å²) in [6.07, 6.45) is -5.29. The van der Waals surface area contributed by atoms with Gasteiger partial charge in [-0.2, -0.15) is 18.6 Å². The normalized spacial score (nSPS) is 25.3. The van der Waals surface area contributed by atoms with Crippen LogP contribution < -0.4 is 15.6 Å². The van der Waals surface area contributed by atoms with Crippen molar-refractivity contribution in [2.75, 3.05) is 13.3 Å². The van der Waals surface area contributed by atoms with Crippen molar-refractivity contribution in [2.24, 2.45) is 4.99 Å². The number of halogens is 4. The van der Waals surface area contributed by atoms with Crippen molar-refractivity contribution < 1.29 is 45.9 Å². The smallest absolute Gasteiger partial charge is 0.470 e. The van der Waals surface area contributed by atoms with Gasteiger partial charge in [0.1, 0.15) is 18.0 Å². The Morgan fingerprint density at radius 2 is 1.92 bits per heavy atom. The van der Waals surface area contributed by atoms with Gasteiger partial charge in [0.05, 0.1) is 17.3 Å². The van der Waals surface area contributed by atoms with Gasteiger partial charge < -0.3 is 19.3 Å². The number of hydrogen-bond acceptors (Lipinski definition) is 7. The van der Waals surface area contributed by atoms with Gasteiger partial charge in [0.25, 0.3) is 0 Å². The topological polar surface area (TPSA) is 135 Å². The van der Waals surface area contributed by atoms with Gasteiger partial charge in [-0.05, 0) is 41.7 Å². The largest absolute Gasteiger partial charge is 0.484 e. The summed E-state index contributed by atoms with van der Waals surface area (Å²) >= 11 is 0. The molecule has 1 unspecified atom stereocenters. The van der Waals surface area contributed by atoms with Gasteiger partial charge in [0.2, 0.25) is 6.23 Å². The molecule has 2 aromatic rings. The van der Waals surface area contributed by atoms with Crippen LogP contribution >= 0.6 is 7.82 Å². The van der Waals surface area contributed by atoms with E-state index in [9.17, 15) is 22.1 Å². The third kappa shape index (κ3) is 6.55. The first-order valence-corrected chi connectivity index (χ1v) is 13.2. The number of nitrogens with zero attached hydrogens (tertiary/aromatic N) is 2. The lowest BCUT2D eigenvalue weighted by Crippen LogP contribution is -2.50. The van der Waals surface area contributed by atoms with E-state index in [1.165, 1.54) is 6.07 Å². The first-order chi connectivity index (χ1) is 17.5. The Balaban J connectivity index is 1.55. The van der Waals surface area contributed by atoms with E-state index in [0.29, 0.717) is 22.2 Å². The van der Waals surface area contributed by atoms with Crippen LogP contribution in [0.25, 0.3) is 10.9 Å². The number of hydrazine groups is 1. The molecule has 0 spiro atoms. The third-order valence-electron chi connectivity index (χ3n) is 6.20. The van der Waals surface area contributed by atoms with Crippen LogP contribution in [0.5, 0.6) is 5.75 Å². The molecular weight excluding hydrogens is 535 g/mol. The second-order valence-electron chi connectivity index (χ2n) is 10.5. The van der Waals surface area contributed by atoms with E-state index in [1.807, 2.05) is 20.8 Å². The highest BCUT2D eigenvalue weighted by Gasteiger charge is 2.50. The molecule has 1 atom stereocenters. The average Bonchev–Trinajstić information content (AvgIpc) is 3.22. The molecule has 210 valence electrons. The molecular formula is C23H29F4N4O6P. The predicted molar refractivity (Wildman–Crippen MR) is 129 cm³/mol. The summed E-state index contributed by atoms with van der Waals surface area (Å²) in [5.41, 5.74) is 6.13. The number of aromatic nitrogens is 1. The molecule has 2 heterocycles. The molecule has 0 amide bonds. The van der Waals surface area contributed by atoms with Crippen molar-refractivity contribution in [2.45, 2.75) is 70.0 Å². The second kappa shape index (κ2) is 9.91. The zero-order valence-corrected chi connectivity index (χ0v) is 22.0. The van der Waals surface area contributed by atoms with E-state index in [4.69, 9.17) is 24.2 Å². The van der Waals surface area contributed by atoms with E-state index in [0.717, 1.165) is 5.56 Å². The van der Waals surface area contributed by atoms with Crippen LogP contribution in [0.4, 0.5) is 17.6 Å². The Kier molecular flexibility index (Phi) is 7.43. The van der Waals surface area contributed by atoms with Crippen LogP contribution in [0.3, 0.4) is 0 Å². The minimum atomic E-state index is -4.85. The van der Waals surface area contributed by atoms with Crippen LogP contribution in [0.15, 0.2) is 23.2 Å². The maximum Gasteiger partial charge on any atom is 0.470 e. The molecule has 1 aromatic carbocycles. The highest BCUT2D eigenvalue weighted by molar-refractivity contribution is 7.46. The summed E-state index contributed by atoms with van der Waals surface area (Å²) in [5, 5.41) is 0.639.